The van der Waals surface area contributed by atoms with E-state index in [1.165, 1.54) is 16.2 Å². The van der Waals surface area contributed by atoms with Crippen molar-refractivity contribution in [3.8, 4) is 11.8 Å². The van der Waals surface area contributed by atoms with Crippen LogP contribution in [0.4, 0.5) is 4.79 Å². The Kier molecular flexibility index (Phi) is 3.60. The van der Waals surface area contributed by atoms with Crippen LogP contribution in [0.3, 0.4) is 0 Å². The highest BCUT2D eigenvalue weighted by atomic mass is 32.1. The number of amides is 3. The molecule has 1 aliphatic rings. The Hall–Kier alpha value is -1.84. The minimum Gasteiger partial charge on any atom is -0.384 e. The maximum absolute atomic E-state index is 12.0. The molecule has 0 spiro atoms. The second kappa shape index (κ2) is 5.03. The summed E-state index contributed by atoms with van der Waals surface area (Å²) in [6.45, 7) is 3.42. The van der Waals surface area contributed by atoms with E-state index < -0.39 is 5.54 Å². The molecular weight excluding hydrogens is 264 g/mol. The number of imide groups is 1. The van der Waals surface area contributed by atoms with Crippen molar-refractivity contribution in [3.05, 3.63) is 21.9 Å². The van der Waals surface area contributed by atoms with Gasteiger partial charge in [0, 0.05) is 15.8 Å². The molecule has 0 bridgehead atoms. The van der Waals surface area contributed by atoms with Crippen LogP contribution < -0.4 is 5.32 Å². The lowest BCUT2D eigenvalue weighted by Gasteiger charge is -2.15. The van der Waals surface area contributed by atoms with Crippen LogP contribution in [-0.4, -0.2) is 34.1 Å². The Bertz CT molecular complexity index is 580. The third-order valence-corrected chi connectivity index (χ3v) is 3.65. The number of thiophene rings is 1. The van der Waals surface area contributed by atoms with Crippen molar-refractivity contribution in [2.75, 3.05) is 6.61 Å². The van der Waals surface area contributed by atoms with Gasteiger partial charge >= 0.3 is 6.03 Å². The summed E-state index contributed by atoms with van der Waals surface area (Å²) >= 11 is 1.43. The summed E-state index contributed by atoms with van der Waals surface area (Å²) in [5.74, 6) is 5.11. The van der Waals surface area contributed by atoms with Crippen molar-refractivity contribution in [2.24, 2.45) is 0 Å². The lowest BCUT2D eigenvalue weighted by Crippen LogP contribution is -2.40. The van der Waals surface area contributed by atoms with Gasteiger partial charge in [0.25, 0.3) is 5.91 Å². The molecule has 2 rings (SSSR count). The van der Waals surface area contributed by atoms with Gasteiger partial charge in [-0.15, -0.1) is 11.3 Å². The molecular formula is C13H14N2O3S. The maximum Gasteiger partial charge on any atom is 0.325 e. The molecule has 1 aliphatic heterocycles. The van der Waals surface area contributed by atoms with Crippen LogP contribution in [0, 0.1) is 11.8 Å². The van der Waals surface area contributed by atoms with E-state index in [0.29, 0.717) is 0 Å². The summed E-state index contributed by atoms with van der Waals surface area (Å²) in [5.41, 5.74) is -0.0613. The van der Waals surface area contributed by atoms with Gasteiger partial charge in [0.2, 0.25) is 0 Å². The van der Waals surface area contributed by atoms with Gasteiger partial charge in [-0.3, -0.25) is 9.69 Å². The van der Waals surface area contributed by atoms with E-state index in [9.17, 15) is 9.59 Å². The Morgan fingerprint density at radius 3 is 2.79 bits per heavy atom. The Morgan fingerprint density at radius 2 is 2.21 bits per heavy atom. The van der Waals surface area contributed by atoms with Crippen LogP contribution >= 0.6 is 11.3 Å². The second-order valence-electron chi connectivity index (χ2n) is 4.71. The number of carbonyl (C=O) groups excluding carboxylic acids is 2. The van der Waals surface area contributed by atoms with Crippen molar-refractivity contribution in [1.29, 1.82) is 0 Å². The molecule has 5 nitrogen and oxygen atoms in total. The number of aliphatic hydroxyl groups excluding tert-OH is 1. The standard InChI is InChI=1S/C13H14N2O3S/c1-13(2)11(17)15(12(18)14-13)7-10-6-9(8-19-10)4-3-5-16/h6,8,16H,5,7H2,1-2H3,(H,14,18). The lowest BCUT2D eigenvalue weighted by molar-refractivity contribution is -0.130. The average molecular weight is 278 g/mol. The molecule has 0 atom stereocenters. The van der Waals surface area contributed by atoms with Gasteiger partial charge in [0.1, 0.15) is 12.1 Å². The third kappa shape index (κ3) is 2.78. The van der Waals surface area contributed by atoms with E-state index in [0.717, 1.165) is 10.4 Å². The molecule has 0 saturated carbocycles. The Balaban J connectivity index is 2.12. The van der Waals surface area contributed by atoms with Gasteiger partial charge in [-0.25, -0.2) is 4.79 Å². The molecule has 3 amide bonds. The van der Waals surface area contributed by atoms with Crippen LogP contribution in [0.25, 0.3) is 0 Å². The fourth-order valence-corrected chi connectivity index (χ4v) is 2.59. The fourth-order valence-electron chi connectivity index (χ4n) is 1.79. The van der Waals surface area contributed by atoms with Gasteiger partial charge in [-0.1, -0.05) is 11.8 Å². The number of aliphatic hydroxyl groups is 1. The number of hydrogen-bond acceptors (Lipinski definition) is 4. The molecule has 2 N–H and O–H groups in total. The van der Waals surface area contributed by atoms with Crippen LogP contribution in [0.1, 0.15) is 24.3 Å². The zero-order chi connectivity index (χ0) is 14.0. The number of urea groups is 1. The average Bonchev–Trinajstić information content (AvgIpc) is 2.86. The zero-order valence-corrected chi connectivity index (χ0v) is 11.5. The van der Waals surface area contributed by atoms with Crippen LogP contribution in [0.2, 0.25) is 0 Å². The van der Waals surface area contributed by atoms with E-state index in [4.69, 9.17) is 5.11 Å². The number of carbonyl (C=O) groups is 2. The molecule has 19 heavy (non-hydrogen) atoms. The first-order chi connectivity index (χ1) is 8.94. The highest BCUT2D eigenvalue weighted by molar-refractivity contribution is 7.10. The maximum atomic E-state index is 12.0. The molecule has 2 heterocycles. The quantitative estimate of drug-likeness (QED) is 0.624. The van der Waals surface area contributed by atoms with E-state index in [2.05, 4.69) is 17.2 Å². The second-order valence-corrected chi connectivity index (χ2v) is 5.70. The summed E-state index contributed by atoms with van der Waals surface area (Å²) in [7, 11) is 0. The normalized spacial score (nSPS) is 17.1. The predicted molar refractivity (Wildman–Crippen MR) is 71.4 cm³/mol. The van der Waals surface area contributed by atoms with Crippen molar-refractivity contribution in [1.82, 2.24) is 10.2 Å². The molecule has 0 radical (unpaired) electrons. The minimum absolute atomic E-state index is 0.188. The number of rotatable bonds is 2. The highest BCUT2D eigenvalue weighted by Gasteiger charge is 2.44. The third-order valence-electron chi connectivity index (χ3n) is 2.72. The molecule has 100 valence electrons. The summed E-state index contributed by atoms with van der Waals surface area (Å²) in [6, 6.07) is 1.45. The van der Waals surface area contributed by atoms with Crippen LogP contribution in [-0.2, 0) is 11.3 Å². The molecule has 1 aromatic heterocycles. The number of nitrogens with zero attached hydrogens (tertiary/aromatic N) is 1. The zero-order valence-electron chi connectivity index (χ0n) is 10.7. The molecule has 1 saturated heterocycles. The monoisotopic (exact) mass is 278 g/mol. The van der Waals surface area contributed by atoms with Crippen LogP contribution in [0.15, 0.2) is 11.4 Å². The first kappa shape index (κ1) is 13.6. The Labute approximate surface area is 115 Å². The first-order valence-electron chi connectivity index (χ1n) is 5.75. The number of nitrogens with one attached hydrogen (secondary N) is 1. The topological polar surface area (TPSA) is 69.6 Å². The van der Waals surface area contributed by atoms with Crippen molar-refractivity contribution in [2.45, 2.75) is 25.9 Å². The molecule has 1 fully saturated rings. The first-order valence-corrected chi connectivity index (χ1v) is 6.63. The van der Waals surface area contributed by atoms with Gasteiger partial charge < -0.3 is 10.4 Å². The van der Waals surface area contributed by atoms with Crippen molar-refractivity contribution >= 4 is 23.3 Å². The van der Waals surface area contributed by atoms with Gasteiger partial charge in [0.15, 0.2) is 0 Å². The van der Waals surface area contributed by atoms with Crippen molar-refractivity contribution < 1.29 is 14.7 Å². The minimum atomic E-state index is -0.839. The summed E-state index contributed by atoms with van der Waals surface area (Å²) in [4.78, 5) is 25.8. The van der Waals surface area contributed by atoms with Crippen LogP contribution in [0.5, 0.6) is 0 Å². The molecule has 0 aromatic carbocycles. The van der Waals surface area contributed by atoms with E-state index in [1.807, 2.05) is 11.4 Å². The highest BCUT2D eigenvalue weighted by Crippen LogP contribution is 2.22. The molecule has 0 unspecified atom stereocenters. The molecule has 1 aromatic rings. The lowest BCUT2D eigenvalue weighted by atomic mass is 10.1. The summed E-state index contributed by atoms with van der Waals surface area (Å²) < 4.78 is 0. The van der Waals surface area contributed by atoms with Gasteiger partial charge in [0.05, 0.1) is 6.54 Å². The largest absolute Gasteiger partial charge is 0.384 e. The van der Waals surface area contributed by atoms with E-state index >= 15 is 0 Å². The molecule has 0 aliphatic carbocycles. The number of hydrogen-bond donors (Lipinski definition) is 2. The van der Waals surface area contributed by atoms with Crippen molar-refractivity contribution in [3.63, 3.8) is 0 Å². The van der Waals surface area contributed by atoms with E-state index in [-0.39, 0.29) is 25.1 Å². The Morgan fingerprint density at radius 1 is 1.47 bits per heavy atom. The van der Waals surface area contributed by atoms with E-state index in [1.54, 1.807) is 13.8 Å². The fraction of sp³-hybridized carbons (Fsp3) is 0.385. The summed E-state index contributed by atoms with van der Waals surface area (Å²) in [5, 5.41) is 13.1. The smallest absolute Gasteiger partial charge is 0.325 e. The predicted octanol–water partition coefficient (Wildman–Crippen LogP) is 0.922. The van der Waals surface area contributed by atoms with Gasteiger partial charge in [-0.2, -0.15) is 0 Å². The van der Waals surface area contributed by atoms with Gasteiger partial charge in [-0.05, 0) is 19.9 Å². The SMILES string of the molecule is CC1(C)NC(=O)N(Cc2cc(C#CCO)cs2)C1=O. The molecule has 6 heteroatoms. The summed E-state index contributed by atoms with van der Waals surface area (Å²) in [6.07, 6.45) is 0.